The van der Waals surface area contributed by atoms with E-state index in [4.69, 9.17) is 0 Å². The molecule has 1 aliphatic rings. The van der Waals surface area contributed by atoms with E-state index in [-0.39, 0.29) is 0 Å². The molecule has 0 saturated carbocycles. The molecule has 1 aliphatic heterocycles. The molecule has 0 spiro atoms. The second kappa shape index (κ2) is 4.89. The van der Waals surface area contributed by atoms with Crippen molar-refractivity contribution in [2.75, 3.05) is 6.54 Å². The number of aryl methyl sites for hydroxylation is 1. The summed E-state index contributed by atoms with van der Waals surface area (Å²) in [5.41, 5.74) is 1.24. The van der Waals surface area contributed by atoms with Crippen molar-refractivity contribution < 1.29 is 0 Å². The van der Waals surface area contributed by atoms with Gasteiger partial charge < -0.3 is 9.88 Å². The fourth-order valence-electron chi connectivity index (χ4n) is 2.47. The van der Waals surface area contributed by atoms with Crippen LogP contribution in [-0.4, -0.2) is 30.9 Å². The molecule has 0 bridgehead atoms. The van der Waals surface area contributed by atoms with Gasteiger partial charge in [0.1, 0.15) is 6.33 Å². The summed E-state index contributed by atoms with van der Waals surface area (Å²) in [7, 11) is 1.88. The molecule has 6 heteroatoms. The number of piperidine rings is 1. The Morgan fingerprint density at radius 1 is 1.39 bits per heavy atom. The molecule has 0 aromatic carbocycles. The zero-order valence-electron chi connectivity index (χ0n) is 10.6. The third kappa shape index (κ3) is 2.28. The summed E-state index contributed by atoms with van der Waals surface area (Å²) in [6.45, 7) is 1.78. The lowest BCUT2D eigenvalue weighted by atomic mass is 10.0. The van der Waals surface area contributed by atoms with E-state index in [1.165, 1.54) is 25.0 Å². The van der Waals surface area contributed by atoms with Crippen LogP contribution in [0.5, 0.6) is 0 Å². The van der Waals surface area contributed by atoms with E-state index in [0.29, 0.717) is 12.6 Å². The zero-order valence-corrected chi connectivity index (χ0v) is 10.6. The van der Waals surface area contributed by atoms with Crippen molar-refractivity contribution in [3.8, 4) is 0 Å². The van der Waals surface area contributed by atoms with Crippen LogP contribution in [0.25, 0.3) is 0 Å². The quantitative estimate of drug-likeness (QED) is 0.873. The van der Waals surface area contributed by atoms with Gasteiger partial charge >= 0.3 is 0 Å². The van der Waals surface area contributed by atoms with Gasteiger partial charge in [-0.2, -0.15) is 5.10 Å². The van der Waals surface area contributed by atoms with Crippen LogP contribution in [-0.2, 0) is 13.6 Å². The van der Waals surface area contributed by atoms with Crippen molar-refractivity contribution in [1.29, 1.82) is 0 Å². The fraction of sp³-hybridized carbons (Fsp3) is 0.583. The highest BCUT2D eigenvalue weighted by atomic mass is 15.3. The summed E-state index contributed by atoms with van der Waals surface area (Å²) in [5, 5.41) is 7.85. The van der Waals surface area contributed by atoms with Crippen molar-refractivity contribution in [1.82, 2.24) is 29.6 Å². The van der Waals surface area contributed by atoms with Gasteiger partial charge in [0.15, 0.2) is 5.82 Å². The molecule has 1 N–H and O–H groups in total. The van der Waals surface area contributed by atoms with Gasteiger partial charge in [-0.25, -0.2) is 9.97 Å². The first-order valence-corrected chi connectivity index (χ1v) is 6.41. The third-order valence-electron chi connectivity index (χ3n) is 3.37. The summed E-state index contributed by atoms with van der Waals surface area (Å²) >= 11 is 0. The number of nitrogens with zero attached hydrogens (tertiary/aromatic N) is 5. The molecular formula is C12H18N6. The first-order chi connectivity index (χ1) is 8.83. The van der Waals surface area contributed by atoms with E-state index < -0.39 is 0 Å². The molecule has 96 valence electrons. The lowest BCUT2D eigenvalue weighted by molar-refractivity contribution is 0.395. The number of rotatable bonds is 3. The molecule has 0 radical (unpaired) electrons. The summed E-state index contributed by atoms with van der Waals surface area (Å²) in [6.07, 6.45) is 9.27. The maximum absolute atomic E-state index is 4.31. The van der Waals surface area contributed by atoms with Gasteiger partial charge in [0.05, 0.1) is 18.6 Å². The molecule has 1 atom stereocenters. The van der Waals surface area contributed by atoms with Gasteiger partial charge in [0, 0.05) is 19.3 Å². The Hall–Kier alpha value is -1.69. The summed E-state index contributed by atoms with van der Waals surface area (Å²) in [5.74, 6) is 0.826. The van der Waals surface area contributed by atoms with Gasteiger partial charge in [-0.05, 0) is 19.4 Å². The Labute approximate surface area is 106 Å². The minimum atomic E-state index is 0.421. The van der Waals surface area contributed by atoms with Crippen LogP contribution in [0.4, 0.5) is 0 Å². The monoisotopic (exact) mass is 246 g/mol. The SMILES string of the molecule is Cn1cnc(Cn2cncc2C2CCCCN2)n1. The van der Waals surface area contributed by atoms with Crippen LogP contribution >= 0.6 is 0 Å². The smallest absolute Gasteiger partial charge is 0.170 e. The Morgan fingerprint density at radius 3 is 3.06 bits per heavy atom. The Morgan fingerprint density at radius 2 is 2.33 bits per heavy atom. The first kappa shape index (κ1) is 11.4. The van der Waals surface area contributed by atoms with Crippen molar-refractivity contribution in [2.24, 2.45) is 7.05 Å². The zero-order chi connectivity index (χ0) is 12.4. The molecule has 6 nitrogen and oxygen atoms in total. The van der Waals surface area contributed by atoms with E-state index in [0.717, 1.165) is 12.4 Å². The number of nitrogens with one attached hydrogen (secondary N) is 1. The van der Waals surface area contributed by atoms with Crippen LogP contribution in [0.1, 0.15) is 36.8 Å². The van der Waals surface area contributed by atoms with Gasteiger partial charge in [-0.15, -0.1) is 0 Å². The minimum Gasteiger partial charge on any atom is -0.325 e. The highest BCUT2D eigenvalue weighted by Crippen LogP contribution is 2.22. The lowest BCUT2D eigenvalue weighted by Crippen LogP contribution is -2.28. The van der Waals surface area contributed by atoms with Crippen LogP contribution < -0.4 is 5.32 Å². The number of hydrogen-bond donors (Lipinski definition) is 1. The van der Waals surface area contributed by atoms with E-state index >= 15 is 0 Å². The van der Waals surface area contributed by atoms with Gasteiger partial charge in [-0.1, -0.05) is 6.42 Å². The molecule has 2 aromatic heterocycles. The highest BCUT2D eigenvalue weighted by molar-refractivity contribution is 5.07. The van der Waals surface area contributed by atoms with Crippen LogP contribution in [0, 0.1) is 0 Å². The van der Waals surface area contributed by atoms with E-state index in [2.05, 4.69) is 25.0 Å². The molecule has 3 heterocycles. The first-order valence-electron chi connectivity index (χ1n) is 6.41. The van der Waals surface area contributed by atoms with Crippen LogP contribution in [0.15, 0.2) is 18.9 Å². The van der Waals surface area contributed by atoms with Crippen molar-refractivity contribution in [3.63, 3.8) is 0 Å². The predicted molar refractivity (Wildman–Crippen MR) is 66.9 cm³/mol. The average Bonchev–Trinajstić information content (AvgIpc) is 3.00. The van der Waals surface area contributed by atoms with E-state index in [1.807, 2.05) is 19.6 Å². The molecule has 3 rings (SSSR count). The number of imidazole rings is 1. The standard InChI is InChI=1S/C12H18N6/c1-17-9-15-12(16-17)7-18-8-13-6-11(18)10-4-2-3-5-14-10/h6,8-10,14H,2-5,7H2,1H3. The van der Waals surface area contributed by atoms with Crippen molar-refractivity contribution in [3.05, 3.63) is 30.4 Å². The number of aromatic nitrogens is 5. The third-order valence-corrected chi connectivity index (χ3v) is 3.37. The summed E-state index contributed by atoms with van der Waals surface area (Å²) in [6, 6.07) is 0.421. The Kier molecular flexibility index (Phi) is 3.10. The summed E-state index contributed by atoms with van der Waals surface area (Å²) < 4.78 is 3.86. The Balaban J connectivity index is 1.78. The van der Waals surface area contributed by atoms with Crippen LogP contribution in [0.2, 0.25) is 0 Å². The minimum absolute atomic E-state index is 0.421. The Bertz CT molecular complexity index is 508. The van der Waals surface area contributed by atoms with Crippen molar-refractivity contribution in [2.45, 2.75) is 31.8 Å². The largest absolute Gasteiger partial charge is 0.325 e. The summed E-state index contributed by atoms with van der Waals surface area (Å²) in [4.78, 5) is 8.52. The van der Waals surface area contributed by atoms with Gasteiger partial charge in [-0.3, -0.25) is 4.68 Å². The maximum Gasteiger partial charge on any atom is 0.170 e. The van der Waals surface area contributed by atoms with Gasteiger partial charge in [0.2, 0.25) is 0 Å². The lowest BCUT2D eigenvalue weighted by Gasteiger charge is -2.24. The van der Waals surface area contributed by atoms with E-state index in [9.17, 15) is 0 Å². The van der Waals surface area contributed by atoms with Crippen LogP contribution in [0.3, 0.4) is 0 Å². The second-order valence-electron chi connectivity index (χ2n) is 4.78. The molecule has 1 saturated heterocycles. The molecule has 18 heavy (non-hydrogen) atoms. The average molecular weight is 246 g/mol. The van der Waals surface area contributed by atoms with E-state index in [1.54, 1.807) is 11.0 Å². The fourth-order valence-corrected chi connectivity index (χ4v) is 2.47. The van der Waals surface area contributed by atoms with Crippen molar-refractivity contribution >= 4 is 0 Å². The molecule has 2 aromatic rings. The molecular weight excluding hydrogens is 228 g/mol. The molecule has 1 unspecified atom stereocenters. The topological polar surface area (TPSA) is 60.6 Å². The maximum atomic E-state index is 4.31. The predicted octanol–water partition coefficient (Wildman–Crippen LogP) is 0.874. The highest BCUT2D eigenvalue weighted by Gasteiger charge is 2.18. The molecule has 0 amide bonds. The normalized spacial score (nSPS) is 20.2. The molecule has 0 aliphatic carbocycles. The number of hydrogen-bond acceptors (Lipinski definition) is 4. The van der Waals surface area contributed by atoms with Gasteiger partial charge in [0.25, 0.3) is 0 Å². The second-order valence-corrected chi connectivity index (χ2v) is 4.78. The molecule has 1 fully saturated rings.